The van der Waals surface area contributed by atoms with Gasteiger partial charge in [-0.05, 0) is 50.0 Å². The van der Waals surface area contributed by atoms with Crippen LogP contribution in [-0.4, -0.2) is 37.5 Å². The number of thioether (sulfide) groups is 1. The van der Waals surface area contributed by atoms with Gasteiger partial charge in [0.2, 0.25) is 10.0 Å². The van der Waals surface area contributed by atoms with Crippen molar-refractivity contribution in [1.82, 2.24) is 4.72 Å². The van der Waals surface area contributed by atoms with Gasteiger partial charge in [0, 0.05) is 10.5 Å². The van der Waals surface area contributed by atoms with Crippen LogP contribution in [0.25, 0.3) is 0 Å². The molecule has 0 aliphatic carbocycles. The predicted molar refractivity (Wildman–Crippen MR) is 88.6 cm³/mol. The minimum Gasteiger partial charge on any atom is -0.478 e. The molecule has 2 N–H and O–H groups in total. The highest BCUT2D eigenvalue weighted by Crippen LogP contribution is 2.25. The van der Waals surface area contributed by atoms with Gasteiger partial charge < -0.3 is 5.11 Å². The third kappa shape index (κ3) is 4.98. The van der Waals surface area contributed by atoms with E-state index in [1.807, 2.05) is 6.26 Å². The van der Waals surface area contributed by atoms with Crippen LogP contribution in [0.4, 0.5) is 0 Å². The molecule has 1 rings (SSSR count). The number of halogens is 1. The van der Waals surface area contributed by atoms with Gasteiger partial charge in [-0.3, -0.25) is 0 Å². The Balaban J connectivity index is 3.12. The summed E-state index contributed by atoms with van der Waals surface area (Å²) in [5, 5.41) is 9.14. The van der Waals surface area contributed by atoms with Crippen molar-refractivity contribution < 1.29 is 18.3 Å². The van der Waals surface area contributed by atoms with Gasteiger partial charge in [0.25, 0.3) is 0 Å². The Hall–Kier alpha value is -0.570. The molecule has 0 bridgehead atoms. The zero-order valence-corrected chi connectivity index (χ0v) is 15.2. The molecule has 0 amide bonds. The average Bonchev–Trinajstić information content (AvgIpc) is 2.38. The van der Waals surface area contributed by atoms with Crippen molar-refractivity contribution in [2.45, 2.75) is 31.2 Å². The van der Waals surface area contributed by atoms with Crippen LogP contribution in [0.1, 0.15) is 29.3 Å². The van der Waals surface area contributed by atoms with Crippen LogP contribution in [-0.2, 0) is 10.0 Å². The van der Waals surface area contributed by atoms with Gasteiger partial charge in [0.15, 0.2) is 0 Å². The van der Waals surface area contributed by atoms with Crippen molar-refractivity contribution in [2.24, 2.45) is 0 Å². The van der Waals surface area contributed by atoms with Gasteiger partial charge >= 0.3 is 5.97 Å². The number of sulfonamides is 1. The standard InChI is InChI=1S/C13H18BrNO4S2/c1-8(4-5-20-3)15-21(18,19)10-6-11(13(16)17)9(2)12(14)7-10/h6-8,15H,4-5H2,1-3H3,(H,16,17). The summed E-state index contributed by atoms with van der Waals surface area (Å²) < 4.78 is 27.6. The number of hydrogen-bond acceptors (Lipinski definition) is 4. The maximum absolute atomic E-state index is 12.3. The number of nitrogens with one attached hydrogen (secondary N) is 1. The third-order valence-electron chi connectivity index (χ3n) is 2.97. The molecule has 0 aliphatic heterocycles. The normalized spacial score (nSPS) is 13.1. The summed E-state index contributed by atoms with van der Waals surface area (Å²) in [4.78, 5) is 11.1. The Morgan fingerprint density at radius 1 is 1.48 bits per heavy atom. The van der Waals surface area contributed by atoms with Crippen LogP contribution in [0.3, 0.4) is 0 Å². The quantitative estimate of drug-likeness (QED) is 0.741. The number of carboxylic acids is 1. The molecule has 0 saturated carbocycles. The monoisotopic (exact) mass is 395 g/mol. The van der Waals surface area contributed by atoms with E-state index in [2.05, 4.69) is 20.7 Å². The fraction of sp³-hybridized carbons (Fsp3) is 0.462. The lowest BCUT2D eigenvalue weighted by atomic mass is 10.1. The largest absolute Gasteiger partial charge is 0.478 e. The molecule has 1 aromatic carbocycles. The fourth-order valence-corrected chi connectivity index (χ4v) is 4.25. The molecule has 0 aromatic heterocycles. The van der Waals surface area contributed by atoms with Crippen LogP contribution in [0, 0.1) is 6.92 Å². The first-order valence-corrected chi connectivity index (χ1v) is 9.90. The minimum absolute atomic E-state index is 0.0264. The van der Waals surface area contributed by atoms with Crippen molar-refractivity contribution in [2.75, 3.05) is 12.0 Å². The molecule has 1 unspecified atom stereocenters. The highest BCUT2D eigenvalue weighted by molar-refractivity contribution is 9.10. The molecule has 21 heavy (non-hydrogen) atoms. The second-order valence-corrected chi connectivity index (χ2v) is 8.24. The minimum atomic E-state index is -3.74. The molecule has 5 nitrogen and oxygen atoms in total. The van der Waals surface area contributed by atoms with E-state index in [0.717, 1.165) is 5.75 Å². The summed E-state index contributed by atoms with van der Waals surface area (Å²) in [5.74, 6) is -0.303. The summed E-state index contributed by atoms with van der Waals surface area (Å²) in [6.07, 6.45) is 2.66. The van der Waals surface area contributed by atoms with E-state index in [4.69, 9.17) is 5.11 Å². The Bertz CT molecular complexity index is 631. The van der Waals surface area contributed by atoms with Crippen molar-refractivity contribution >= 4 is 43.7 Å². The molecule has 0 fully saturated rings. The van der Waals surface area contributed by atoms with Gasteiger partial charge in [-0.1, -0.05) is 15.9 Å². The van der Waals surface area contributed by atoms with Crippen molar-refractivity contribution in [3.63, 3.8) is 0 Å². The van der Waals surface area contributed by atoms with Crippen molar-refractivity contribution in [3.8, 4) is 0 Å². The SMILES string of the molecule is CSCCC(C)NS(=O)(=O)c1cc(Br)c(C)c(C(=O)O)c1. The average molecular weight is 396 g/mol. The fourth-order valence-electron chi connectivity index (χ4n) is 1.72. The Labute approximate surface area is 137 Å². The molecule has 1 atom stereocenters. The Kier molecular flexibility index (Phi) is 6.71. The van der Waals surface area contributed by atoms with Gasteiger partial charge in [0.05, 0.1) is 10.5 Å². The Morgan fingerprint density at radius 2 is 2.10 bits per heavy atom. The topological polar surface area (TPSA) is 83.5 Å². The predicted octanol–water partition coefficient (Wildman–Crippen LogP) is 2.88. The molecule has 0 aliphatic rings. The zero-order chi connectivity index (χ0) is 16.2. The smallest absolute Gasteiger partial charge is 0.336 e. The number of carbonyl (C=O) groups is 1. The zero-order valence-electron chi connectivity index (χ0n) is 12.0. The number of hydrogen-bond donors (Lipinski definition) is 2. The van der Waals surface area contributed by atoms with E-state index in [1.54, 1.807) is 25.6 Å². The van der Waals surface area contributed by atoms with E-state index in [1.165, 1.54) is 12.1 Å². The summed E-state index contributed by atoms with van der Waals surface area (Å²) in [6.45, 7) is 3.41. The van der Waals surface area contributed by atoms with Gasteiger partial charge in [-0.25, -0.2) is 17.9 Å². The molecule has 118 valence electrons. The van der Waals surface area contributed by atoms with Crippen molar-refractivity contribution in [3.05, 3.63) is 27.7 Å². The van der Waals surface area contributed by atoms with Crippen LogP contribution in [0.2, 0.25) is 0 Å². The van der Waals surface area contributed by atoms with E-state index in [-0.39, 0.29) is 16.5 Å². The number of carboxylic acid groups (broad SMARTS) is 1. The molecule has 0 radical (unpaired) electrons. The molecule has 1 aromatic rings. The van der Waals surface area contributed by atoms with Gasteiger partial charge in [-0.15, -0.1) is 0 Å². The van der Waals surface area contributed by atoms with Crippen molar-refractivity contribution in [1.29, 1.82) is 0 Å². The van der Waals surface area contributed by atoms with E-state index >= 15 is 0 Å². The summed E-state index contributed by atoms with van der Waals surface area (Å²) in [7, 11) is -3.74. The van der Waals surface area contributed by atoms with E-state index in [9.17, 15) is 13.2 Å². The second-order valence-electron chi connectivity index (χ2n) is 4.69. The van der Waals surface area contributed by atoms with E-state index < -0.39 is 16.0 Å². The molecule has 0 heterocycles. The summed E-state index contributed by atoms with van der Waals surface area (Å²) in [6, 6.07) is 2.40. The van der Waals surface area contributed by atoms with Crippen LogP contribution in [0.5, 0.6) is 0 Å². The molecular formula is C13H18BrNO4S2. The number of aromatic carboxylic acids is 1. The number of rotatable bonds is 7. The molecular weight excluding hydrogens is 378 g/mol. The first-order chi connectivity index (χ1) is 9.69. The lowest BCUT2D eigenvalue weighted by Crippen LogP contribution is -2.33. The first-order valence-electron chi connectivity index (χ1n) is 6.23. The van der Waals surface area contributed by atoms with Crippen LogP contribution in [0.15, 0.2) is 21.5 Å². The number of benzene rings is 1. The highest BCUT2D eigenvalue weighted by Gasteiger charge is 2.21. The summed E-state index contributed by atoms with van der Waals surface area (Å²) >= 11 is 4.85. The van der Waals surface area contributed by atoms with Gasteiger partial charge in [0.1, 0.15) is 0 Å². The van der Waals surface area contributed by atoms with Crippen LogP contribution < -0.4 is 4.72 Å². The highest BCUT2D eigenvalue weighted by atomic mass is 79.9. The molecule has 0 saturated heterocycles. The van der Waals surface area contributed by atoms with E-state index in [0.29, 0.717) is 16.5 Å². The first kappa shape index (κ1) is 18.5. The van der Waals surface area contributed by atoms with Gasteiger partial charge in [-0.2, -0.15) is 11.8 Å². The maximum Gasteiger partial charge on any atom is 0.336 e. The second kappa shape index (κ2) is 7.62. The molecule has 8 heteroatoms. The van der Waals surface area contributed by atoms with Crippen LogP contribution >= 0.6 is 27.7 Å². The maximum atomic E-state index is 12.3. The summed E-state index contributed by atoms with van der Waals surface area (Å²) in [5.41, 5.74) is 0.471. The third-order valence-corrected chi connectivity index (χ3v) is 6.01. The Morgan fingerprint density at radius 3 is 2.62 bits per heavy atom. The lowest BCUT2D eigenvalue weighted by Gasteiger charge is -2.15. The molecule has 0 spiro atoms. The lowest BCUT2D eigenvalue weighted by molar-refractivity contribution is 0.0695.